The molecule has 1 saturated heterocycles. The molecule has 0 amide bonds. The van der Waals surface area contributed by atoms with Crippen molar-refractivity contribution in [3.8, 4) is 6.07 Å². The normalized spacial score (nSPS) is 20.6. The highest BCUT2D eigenvalue weighted by atomic mass is 32.2. The van der Waals surface area contributed by atoms with E-state index in [-0.39, 0.29) is 37.0 Å². The predicted molar refractivity (Wildman–Crippen MR) is 184 cm³/mol. The number of nitriles is 1. The molecule has 49 heavy (non-hydrogen) atoms. The van der Waals surface area contributed by atoms with Crippen molar-refractivity contribution in [3.63, 3.8) is 0 Å². The zero-order valence-corrected chi connectivity index (χ0v) is 28.2. The van der Waals surface area contributed by atoms with Gasteiger partial charge in [0.2, 0.25) is 0 Å². The van der Waals surface area contributed by atoms with Crippen molar-refractivity contribution >= 4 is 23.3 Å². The van der Waals surface area contributed by atoms with Gasteiger partial charge < -0.3 is 19.3 Å². The van der Waals surface area contributed by atoms with E-state index < -0.39 is 17.7 Å². The average molecular weight is 686 g/mol. The molecule has 2 atom stereocenters. The number of benzene rings is 3. The van der Waals surface area contributed by atoms with Gasteiger partial charge in [-0.3, -0.25) is 0 Å². The monoisotopic (exact) mass is 685 g/mol. The minimum Gasteiger partial charge on any atom is -0.380 e. The lowest BCUT2D eigenvalue weighted by Crippen LogP contribution is -2.44. The zero-order valence-electron chi connectivity index (χ0n) is 27.4. The van der Waals surface area contributed by atoms with Crippen LogP contribution >= 0.6 is 11.8 Å². The van der Waals surface area contributed by atoms with E-state index >= 15 is 0 Å². The third kappa shape index (κ3) is 6.74. The van der Waals surface area contributed by atoms with E-state index in [2.05, 4.69) is 15.9 Å². The van der Waals surface area contributed by atoms with Gasteiger partial charge in [-0.2, -0.15) is 18.4 Å². The first-order chi connectivity index (χ1) is 23.8. The summed E-state index contributed by atoms with van der Waals surface area (Å²) >= 11 is 1.44. The number of nitrogens with zero attached hydrogens (tertiary/aromatic N) is 5. The first-order valence-corrected chi connectivity index (χ1v) is 17.9. The van der Waals surface area contributed by atoms with Crippen LogP contribution in [0.4, 0.5) is 24.7 Å². The summed E-state index contributed by atoms with van der Waals surface area (Å²) in [6.07, 6.45) is -1.45. The molecular weight excluding hydrogens is 648 g/mol. The molecule has 1 aliphatic carbocycles. The van der Waals surface area contributed by atoms with Gasteiger partial charge in [-0.25, -0.2) is 9.97 Å². The molecule has 0 bridgehead atoms. The zero-order chi connectivity index (χ0) is 34.0. The van der Waals surface area contributed by atoms with Crippen molar-refractivity contribution in [2.24, 2.45) is 0 Å². The summed E-state index contributed by atoms with van der Waals surface area (Å²) in [5, 5.41) is 11.5. The van der Waals surface area contributed by atoms with Gasteiger partial charge in [0, 0.05) is 50.3 Å². The molecule has 7 nitrogen and oxygen atoms in total. The molecule has 2 aliphatic heterocycles. The quantitative estimate of drug-likeness (QED) is 0.144. The number of anilines is 2. The molecule has 1 fully saturated rings. The Morgan fingerprint density at radius 3 is 2.35 bits per heavy atom. The molecule has 3 aromatic carbocycles. The summed E-state index contributed by atoms with van der Waals surface area (Å²) < 4.78 is 56.6. The number of hydrogen-bond acceptors (Lipinski definition) is 8. The lowest BCUT2D eigenvalue weighted by molar-refractivity contribution is -0.165. The van der Waals surface area contributed by atoms with Crippen molar-refractivity contribution < 1.29 is 22.6 Å². The summed E-state index contributed by atoms with van der Waals surface area (Å²) in [4.78, 5) is 14.1. The summed E-state index contributed by atoms with van der Waals surface area (Å²) in [6, 6.07) is 25.5. The predicted octanol–water partition coefficient (Wildman–Crippen LogP) is 7.91. The van der Waals surface area contributed by atoms with Crippen molar-refractivity contribution in [1.29, 1.82) is 5.26 Å². The molecule has 3 aliphatic rings. The van der Waals surface area contributed by atoms with Crippen LogP contribution in [-0.4, -0.2) is 48.7 Å². The Balaban J connectivity index is 1.37. The molecule has 254 valence electrons. The second kappa shape index (κ2) is 14.0. The van der Waals surface area contributed by atoms with Gasteiger partial charge >= 0.3 is 6.18 Å². The van der Waals surface area contributed by atoms with Crippen molar-refractivity contribution in [2.75, 3.05) is 42.4 Å². The Morgan fingerprint density at radius 2 is 1.69 bits per heavy atom. The number of alkyl halides is 3. The summed E-state index contributed by atoms with van der Waals surface area (Å²) in [7, 11) is 0. The first-order valence-electron chi connectivity index (χ1n) is 16.7. The second-order valence-corrected chi connectivity index (χ2v) is 13.6. The van der Waals surface area contributed by atoms with Gasteiger partial charge in [0.05, 0.1) is 36.1 Å². The van der Waals surface area contributed by atoms with Crippen molar-refractivity contribution in [3.05, 3.63) is 112 Å². The SMILES string of the molecule is CSc1nc2c(c(N3CCCOCC3)n1)CO[C@]1(CC[C@@H](C(F)(F)F)c3ccc(N(Cc4ccccc4)Cc4ccccc4)c(C#N)c31)C2. The maximum Gasteiger partial charge on any atom is 0.395 e. The number of rotatable bonds is 7. The fraction of sp³-hybridized carbons (Fsp3) is 0.395. The first kappa shape index (κ1) is 33.4. The Kier molecular flexibility index (Phi) is 9.55. The largest absolute Gasteiger partial charge is 0.395 e. The van der Waals surface area contributed by atoms with Crippen LogP contribution in [0.1, 0.15) is 64.3 Å². The lowest BCUT2D eigenvalue weighted by Gasteiger charge is -2.46. The van der Waals surface area contributed by atoms with Crippen LogP contribution in [0.5, 0.6) is 0 Å². The highest BCUT2D eigenvalue weighted by Gasteiger charge is 2.53. The Morgan fingerprint density at radius 1 is 0.980 bits per heavy atom. The van der Waals surface area contributed by atoms with E-state index in [4.69, 9.17) is 19.4 Å². The van der Waals surface area contributed by atoms with Gasteiger partial charge in [-0.05, 0) is 48.3 Å². The minimum atomic E-state index is -4.47. The fourth-order valence-corrected chi connectivity index (χ4v) is 7.93. The molecule has 11 heteroatoms. The highest BCUT2D eigenvalue weighted by molar-refractivity contribution is 7.98. The van der Waals surface area contributed by atoms with E-state index in [1.165, 1.54) is 11.8 Å². The molecule has 0 unspecified atom stereocenters. The highest BCUT2D eigenvalue weighted by Crippen LogP contribution is 2.55. The molecule has 0 saturated carbocycles. The average Bonchev–Trinajstić information content (AvgIpc) is 3.40. The third-order valence-corrected chi connectivity index (χ3v) is 10.4. The van der Waals surface area contributed by atoms with Crippen molar-refractivity contribution in [2.45, 2.75) is 68.2 Å². The van der Waals surface area contributed by atoms with Gasteiger partial charge in [-0.1, -0.05) is 78.5 Å². The van der Waals surface area contributed by atoms with E-state index in [0.717, 1.165) is 41.2 Å². The Labute approximate surface area is 289 Å². The Hall–Kier alpha value is -4.11. The summed E-state index contributed by atoms with van der Waals surface area (Å²) in [5.41, 5.74) is 3.79. The molecule has 4 aromatic rings. The summed E-state index contributed by atoms with van der Waals surface area (Å²) in [6.45, 7) is 3.80. The maximum atomic E-state index is 14.7. The third-order valence-electron chi connectivity index (χ3n) is 9.86. The van der Waals surface area contributed by atoms with E-state index in [9.17, 15) is 18.4 Å². The van der Waals surface area contributed by atoms with Crippen LogP contribution in [-0.2, 0) is 41.2 Å². The van der Waals surface area contributed by atoms with E-state index in [1.54, 1.807) is 12.1 Å². The molecule has 1 spiro atoms. The van der Waals surface area contributed by atoms with E-state index in [1.807, 2.05) is 66.9 Å². The minimum absolute atomic E-state index is 0.116. The number of aromatic nitrogens is 2. The van der Waals surface area contributed by atoms with Gasteiger partial charge in [0.25, 0.3) is 0 Å². The molecule has 0 N–H and O–H groups in total. The number of halogens is 3. The van der Waals surface area contributed by atoms with Crippen LogP contribution in [0.3, 0.4) is 0 Å². The van der Waals surface area contributed by atoms with Gasteiger partial charge in [0.15, 0.2) is 5.16 Å². The number of fused-ring (bicyclic) bond motifs is 3. The van der Waals surface area contributed by atoms with Gasteiger partial charge in [0.1, 0.15) is 17.5 Å². The molecule has 7 rings (SSSR count). The molecule has 3 heterocycles. The topological polar surface area (TPSA) is 74.5 Å². The number of ether oxygens (including phenoxy) is 2. The van der Waals surface area contributed by atoms with Gasteiger partial charge in [-0.15, -0.1) is 0 Å². The van der Waals surface area contributed by atoms with Crippen molar-refractivity contribution in [1.82, 2.24) is 9.97 Å². The van der Waals surface area contributed by atoms with Crippen LogP contribution in [0, 0.1) is 11.3 Å². The number of thioether (sulfide) groups is 1. The molecular formula is C38H38F3N5O2S. The summed E-state index contributed by atoms with van der Waals surface area (Å²) in [5.74, 6) is -0.902. The van der Waals surface area contributed by atoms with Crippen LogP contribution in [0.25, 0.3) is 0 Å². The maximum absolute atomic E-state index is 14.7. The second-order valence-electron chi connectivity index (χ2n) is 12.9. The molecule has 0 radical (unpaired) electrons. The van der Waals surface area contributed by atoms with Crippen LogP contribution < -0.4 is 9.80 Å². The Bertz CT molecular complexity index is 1790. The lowest BCUT2D eigenvalue weighted by atomic mass is 9.68. The van der Waals surface area contributed by atoms with E-state index in [0.29, 0.717) is 49.3 Å². The fourth-order valence-electron chi connectivity index (χ4n) is 7.55. The van der Waals surface area contributed by atoms with Crippen LogP contribution in [0.2, 0.25) is 0 Å². The van der Waals surface area contributed by atoms with Crippen LogP contribution in [0.15, 0.2) is 78.0 Å². The standard InChI is InChI=1S/C38H38F3N5O2S/c1-49-36-43-32-21-37(48-25-30(32)35(44-36)45-17-8-19-47-20-18-45)16-15-31(38(39,40)41)28-13-14-33(29(22-42)34(28)37)46(23-26-9-4-2-5-10-26)24-27-11-6-3-7-12-27/h2-7,9-14,31H,8,15-21,23-25H2,1H3/t31-,37-/m1/s1. The number of hydrogen-bond donors (Lipinski definition) is 0. The smallest absolute Gasteiger partial charge is 0.380 e. The molecule has 1 aromatic heterocycles.